The van der Waals surface area contributed by atoms with Gasteiger partial charge in [0, 0.05) is 16.3 Å². The topological polar surface area (TPSA) is 43.8 Å². The molecule has 0 radical (unpaired) electrons. The fourth-order valence-electron chi connectivity index (χ4n) is 1.59. The fourth-order valence-corrected chi connectivity index (χ4v) is 2.61. The van der Waals surface area contributed by atoms with Crippen LogP contribution in [-0.2, 0) is 13.1 Å². The van der Waals surface area contributed by atoms with Crippen molar-refractivity contribution in [3.63, 3.8) is 0 Å². The van der Waals surface area contributed by atoms with Crippen LogP contribution >= 0.6 is 22.9 Å². The molecule has 2 aromatic rings. The molecular formula is C11H14ClN3S. The van der Waals surface area contributed by atoms with E-state index in [2.05, 4.69) is 17.2 Å². The van der Waals surface area contributed by atoms with Crippen LogP contribution < -0.4 is 5.73 Å². The second-order valence-electron chi connectivity index (χ2n) is 3.71. The van der Waals surface area contributed by atoms with Crippen LogP contribution in [0.2, 0.25) is 5.02 Å². The Bertz CT molecular complexity index is 501. The summed E-state index contributed by atoms with van der Waals surface area (Å²) in [5, 5.41) is 5.16. The highest BCUT2D eigenvalue weighted by atomic mass is 35.5. The molecule has 5 heteroatoms. The lowest BCUT2D eigenvalue weighted by Crippen LogP contribution is -2.02. The fraction of sp³-hybridized carbons (Fsp3) is 0.364. The molecule has 0 saturated heterocycles. The molecule has 0 aliphatic heterocycles. The average Bonchev–Trinajstić information content (AvgIpc) is 2.81. The molecule has 16 heavy (non-hydrogen) atoms. The Morgan fingerprint density at radius 3 is 2.56 bits per heavy atom. The Morgan fingerprint density at radius 2 is 2.06 bits per heavy atom. The molecule has 2 heterocycles. The monoisotopic (exact) mass is 255 g/mol. The molecule has 0 saturated carbocycles. The Balaban J connectivity index is 2.23. The zero-order valence-electron chi connectivity index (χ0n) is 9.33. The minimum atomic E-state index is 0.600. The Morgan fingerprint density at radius 1 is 1.38 bits per heavy atom. The van der Waals surface area contributed by atoms with Crippen LogP contribution in [0.25, 0.3) is 0 Å². The van der Waals surface area contributed by atoms with Crippen molar-refractivity contribution in [2.45, 2.75) is 26.9 Å². The first-order valence-electron chi connectivity index (χ1n) is 5.09. The molecule has 0 bridgehead atoms. The van der Waals surface area contributed by atoms with Gasteiger partial charge in [-0.25, -0.2) is 0 Å². The molecule has 0 fully saturated rings. The third-order valence-corrected chi connectivity index (χ3v) is 4.16. The number of aryl methyl sites for hydroxylation is 1. The summed E-state index contributed by atoms with van der Waals surface area (Å²) in [5.41, 5.74) is 7.48. The molecule has 0 amide bonds. The highest BCUT2D eigenvalue weighted by molar-refractivity contribution is 7.11. The molecule has 86 valence electrons. The van der Waals surface area contributed by atoms with Crippen LogP contribution in [0.1, 0.15) is 21.1 Å². The van der Waals surface area contributed by atoms with Gasteiger partial charge in [0.1, 0.15) is 0 Å². The van der Waals surface area contributed by atoms with E-state index in [1.807, 2.05) is 18.5 Å². The van der Waals surface area contributed by atoms with Gasteiger partial charge in [-0.2, -0.15) is 5.10 Å². The summed E-state index contributed by atoms with van der Waals surface area (Å²) in [4.78, 5) is 2.45. The second-order valence-corrected chi connectivity index (χ2v) is 5.35. The number of hydrogen-bond donors (Lipinski definition) is 1. The van der Waals surface area contributed by atoms with E-state index in [9.17, 15) is 0 Å². The number of hydrogen-bond acceptors (Lipinski definition) is 3. The van der Waals surface area contributed by atoms with Crippen LogP contribution in [0.4, 0.5) is 0 Å². The maximum atomic E-state index is 6.10. The first kappa shape index (κ1) is 11.6. The molecule has 0 aliphatic carbocycles. The van der Waals surface area contributed by atoms with Gasteiger partial charge in [-0.05, 0) is 26.0 Å². The Hall–Kier alpha value is -0.840. The minimum absolute atomic E-state index is 0.600. The van der Waals surface area contributed by atoms with Gasteiger partial charge >= 0.3 is 0 Å². The predicted octanol–water partition coefficient (Wildman–Crippen LogP) is 2.72. The minimum Gasteiger partial charge on any atom is -0.326 e. The van der Waals surface area contributed by atoms with E-state index in [1.54, 1.807) is 11.3 Å². The lowest BCUT2D eigenvalue weighted by Gasteiger charge is -2.01. The van der Waals surface area contributed by atoms with Crippen molar-refractivity contribution in [1.82, 2.24) is 9.78 Å². The van der Waals surface area contributed by atoms with Gasteiger partial charge < -0.3 is 5.73 Å². The van der Waals surface area contributed by atoms with Gasteiger partial charge in [0.15, 0.2) is 0 Å². The van der Waals surface area contributed by atoms with Gasteiger partial charge in [-0.15, -0.1) is 11.3 Å². The third kappa shape index (κ3) is 2.14. The number of nitrogens with zero attached hydrogens (tertiary/aromatic N) is 2. The smallest absolute Gasteiger partial charge is 0.0844 e. The zero-order valence-corrected chi connectivity index (χ0v) is 10.9. The van der Waals surface area contributed by atoms with Crippen molar-refractivity contribution in [3.8, 4) is 0 Å². The lowest BCUT2D eigenvalue weighted by atomic mass is 10.4. The molecular weight excluding hydrogens is 242 g/mol. The SMILES string of the molecule is Cc1nn(Cc2ccc(CN)s2)c(C)c1Cl. The molecule has 0 aliphatic rings. The van der Waals surface area contributed by atoms with E-state index in [0.717, 1.165) is 23.0 Å². The van der Waals surface area contributed by atoms with E-state index >= 15 is 0 Å². The van der Waals surface area contributed by atoms with Crippen LogP contribution in [0.15, 0.2) is 12.1 Å². The quantitative estimate of drug-likeness (QED) is 0.917. The second kappa shape index (κ2) is 4.57. The van der Waals surface area contributed by atoms with Gasteiger partial charge in [0.05, 0.1) is 23.0 Å². The number of rotatable bonds is 3. The molecule has 0 unspecified atom stereocenters. The molecule has 3 nitrogen and oxygen atoms in total. The first-order chi connectivity index (χ1) is 7.61. The molecule has 0 atom stereocenters. The summed E-state index contributed by atoms with van der Waals surface area (Å²) in [7, 11) is 0. The van der Waals surface area contributed by atoms with Crippen molar-refractivity contribution in [2.75, 3.05) is 0 Å². The predicted molar refractivity (Wildman–Crippen MR) is 68.0 cm³/mol. The van der Waals surface area contributed by atoms with Crippen LogP contribution in [-0.4, -0.2) is 9.78 Å². The van der Waals surface area contributed by atoms with Gasteiger partial charge in [0.2, 0.25) is 0 Å². The van der Waals surface area contributed by atoms with E-state index in [0.29, 0.717) is 6.54 Å². The van der Waals surface area contributed by atoms with E-state index in [-0.39, 0.29) is 0 Å². The summed E-state index contributed by atoms with van der Waals surface area (Å²) in [6.45, 7) is 5.28. The van der Waals surface area contributed by atoms with Crippen LogP contribution in [0, 0.1) is 13.8 Å². The Kier molecular flexibility index (Phi) is 3.33. The van der Waals surface area contributed by atoms with E-state index in [4.69, 9.17) is 17.3 Å². The molecule has 2 rings (SSSR count). The van der Waals surface area contributed by atoms with Crippen molar-refractivity contribution in [2.24, 2.45) is 5.73 Å². The van der Waals surface area contributed by atoms with Gasteiger partial charge in [-0.1, -0.05) is 11.6 Å². The largest absolute Gasteiger partial charge is 0.326 e. The van der Waals surface area contributed by atoms with Crippen molar-refractivity contribution < 1.29 is 0 Å². The summed E-state index contributed by atoms with van der Waals surface area (Å²) in [6, 6.07) is 4.16. The summed E-state index contributed by atoms with van der Waals surface area (Å²) >= 11 is 7.82. The average molecular weight is 256 g/mol. The summed E-state index contributed by atoms with van der Waals surface area (Å²) < 4.78 is 1.93. The van der Waals surface area contributed by atoms with Crippen molar-refractivity contribution >= 4 is 22.9 Å². The number of nitrogens with two attached hydrogens (primary N) is 1. The maximum absolute atomic E-state index is 6.10. The van der Waals surface area contributed by atoms with Gasteiger partial charge in [-0.3, -0.25) is 4.68 Å². The van der Waals surface area contributed by atoms with Gasteiger partial charge in [0.25, 0.3) is 0 Å². The summed E-state index contributed by atoms with van der Waals surface area (Å²) in [5.74, 6) is 0. The van der Waals surface area contributed by atoms with Crippen LogP contribution in [0.5, 0.6) is 0 Å². The highest BCUT2D eigenvalue weighted by Crippen LogP contribution is 2.22. The third-order valence-electron chi connectivity index (χ3n) is 2.52. The Labute approximate surface area is 104 Å². The van der Waals surface area contributed by atoms with Crippen molar-refractivity contribution in [3.05, 3.63) is 38.3 Å². The first-order valence-corrected chi connectivity index (χ1v) is 6.28. The molecule has 2 N–H and O–H groups in total. The molecule has 2 aromatic heterocycles. The molecule has 0 spiro atoms. The molecule has 0 aromatic carbocycles. The number of aromatic nitrogens is 2. The lowest BCUT2D eigenvalue weighted by molar-refractivity contribution is 0.666. The normalized spacial score (nSPS) is 11.0. The number of halogens is 1. The summed E-state index contributed by atoms with van der Waals surface area (Å²) in [6.07, 6.45) is 0. The van der Waals surface area contributed by atoms with E-state index < -0.39 is 0 Å². The maximum Gasteiger partial charge on any atom is 0.0844 e. The standard InChI is InChI=1S/C11H14ClN3S/c1-7-11(12)8(2)15(14-7)6-10-4-3-9(5-13)16-10/h3-4H,5-6,13H2,1-2H3. The number of thiophene rings is 1. The highest BCUT2D eigenvalue weighted by Gasteiger charge is 2.10. The van der Waals surface area contributed by atoms with Crippen LogP contribution in [0.3, 0.4) is 0 Å². The zero-order chi connectivity index (χ0) is 11.7. The van der Waals surface area contributed by atoms with Crippen molar-refractivity contribution in [1.29, 1.82) is 0 Å². The van der Waals surface area contributed by atoms with E-state index in [1.165, 1.54) is 9.75 Å².